The van der Waals surface area contributed by atoms with Crippen molar-refractivity contribution < 1.29 is 18.4 Å². The van der Waals surface area contributed by atoms with Gasteiger partial charge in [0.1, 0.15) is 6.42 Å². The van der Waals surface area contributed by atoms with Crippen LogP contribution in [-0.4, -0.2) is 11.8 Å². The van der Waals surface area contributed by atoms with Crippen LogP contribution in [0.15, 0.2) is 36.4 Å². The van der Waals surface area contributed by atoms with Gasteiger partial charge in [-0.3, -0.25) is 9.59 Å². The standard InChI is InChI=1S/C17H16F2N2O2/c1-10-3-6-15(11(2)7-10)21-17(23)9-16(22)20-12-4-5-13(18)14(19)8-12/h3-8H,9H2,1-2H3,(H,20,22)(H,21,23). The lowest BCUT2D eigenvalue weighted by Crippen LogP contribution is -2.21. The van der Waals surface area contributed by atoms with E-state index in [4.69, 9.17) is 0 Å². The molecule has 2 amide bonds. The van der Waals surface area contributed by atoms with Crippen molar-refractivity contribution in [2.45, 2.75) is 20.3 Å². The van der Waals surface area contributed by atoms with Crippen molar-refractivity contribution in [3.05, 3.63) is 59.2 Å². The average molecular weight is 318 g/mol. The molecule has 0 aromatic heterocycles. The molecule has 0 aliphatic rings. The third-order valence-electron chi connectivity index (χ3n) is 3.18. The molecule has 6 heteroatoms. The van der Waals surface area contributed by atoms with E-state index in [0.29, 0.717) is 5.69 Å². The topological polar surface area (TPSA) is 58.2 Å². The van der Waals surface area contributed by atoms with Crippen LogP contribution in [0.3, 0.4) is 0 Å². The molecule has 0 saturated heterocycles. The van der Waals surface area contributed by atoms with Crippen molar-refractivity contribution in [3.63, 3.8) is 0 Å². The summed E-state index contributed by atoms with van der Waals surface area (Å²) in [6.45, 7) is 3.79. The van der Waals surface area contributed by atoms with Crippen LogP contribution in [0.4, 0.5) is 20.2 Å². The zero-order valence-corrected chi connectivity index (χ0v) is 12.7. The number of carbonyl (C=O) groups is 2. The lowest BCUT2D eigenvalue weighted by molar-refractivity contribution is -0.123. The van der Waals surface area contributed by atoms with Gasteiger partial charge in [-0.1, -0.05) is 17.7 Å². The molecule has 0 atom stereocenters. The summed E-state index contributed by atoms with van der Waals surface area (Å²) in [5.74, 6) is -3.17. The minimum Gasteiger partial charge on any atom is -0.326 e. The molecule has 0 unspecified atom stereocenters. The number of carbonyl (C=O) groups excluding carboxylic acids is 2. The molecular formula is C17H16F2N2O2. The predicted molar refractivity (Wildman–Crippen MR) is 84.2 cm³/mol. The highest BCUT2D eigenvalue weighted by Gasteiger charge is 2.12. The molecule has 0 aliphatic carbocycles. The number of hydrogen-bond acceptors (Lipinski definition) is 2. The summed E-state index contributed by atoms with van der Waals surface area (Å²) in [5.41, 5.74) is 2.67. The summed E-state index contributed by atoms with van der Waals surface area (Å²) in [6.07, 6.45) is -0.424. The quantitative estimate of drug-likeness (QED) is 0.847. The Morgan fingerprint density at radius 1 is 0.913 bits per heavy atom. The zero-order valence-electron chi connectivity index (χ0n) is 12.7. The first-order valence-corrected chi connectivity index (χ1v) is 6.97. The van der Waals surface area contributed by atoms with Crippen molar-refractivity contribution in [2.75, 3.05) is 10.6 Å². The highest BCUT2D eigenvalue weighted by molar-refractivity contribution is 6.08. The lowest BCUT2D eigenvalue weighted by Gasteiger charge is -2.09. The smallest absolute Gasteiger partial charge is 0.233 e. The van der Waals surface area contributed by atoms with Crippen molar-refractivity contribution in [1.29, 1.82) is 0 Å². The van der Waals surface area contributed by atoms with Gasteiger partial charge >= 0.3 is 0 Å². The number of hydrogen-bond donors (Lipinski definition) is 2. The van der Waals surface area contributed by atoms with E-state index >= 15 is 0 Å². The van der Waals surface area contributed by atoms with Gasteiger partial charge in [-0.15, -0.1) is 0 Å². The van der Waals surface area contributed by atoms with E-state index in [1.165, 1.54) is 6.07 Å². The largest absolute Gasteiger partial charge is 0.326 e. The third kappa shape index (κ3) is 4.60. The molecule has 2 rings (SSSR count). The number of nitrogens with one attached hydrogen (secondary N) is 2. The van der Waals surface area contributed by atoms with Crippen molar-refractivity contribution in [3.8, 4) is 0 Å². The van der Waals surface area contributed by atoms with Crippen LogP contribution in [0.5, 0.6) is 0 Å². The number of halogens is 2. The fraction of sp³-hybridized carbons (Fsp3) is 0.176. The Morgan fingerprint density at radius 2 is 1.61 bits per heavy atom. The summed E-state index contributed by atoms with van der Waals surface area (Å²) >= 11 is 0. The maximum absolute atomic E-state index is 13.1. The van der Waals surface area contributed by atoms with Crippen molar-refractivity contribution in [1.82, 2.24) is 0 Å². The third-order valence-corrected chi connectivity index (χ3v) is 3.18. The van der Waals surface area contributed by atoms with Crippen molar-refractivity contribution in [2.24, 2.45) is 0 Å². The normalized spacial score (nSPS) is 10.3. The van der Waals surface area contributed by atoms with E-state index in [9.17, 15) is 18.4 Å². The van der Waals surface area contributed by atoms with Gasteiger partial charge in [0.2, 0.25) is 11.8 Å². The SMILES string of the molecule is Cc1ccc(NC(=O)CC(=O)Nc2ccc(F)c(F)c2)c(C)c1. The summed E-state index contributed by atoms with van der Waals surface area (Å²) in [7, 11) is 0. The van der Waals surface area contributed by atoms with Crippen LogP contribution in [0, 0.1) is 25.5 Å². The number of rotatable bonds is 4. The number of benzene rings is 2. The number of amides is 2. The molecule has 0 bridgehead atoms. The maximum atomic E-state index is 13.1. The van der Waals surface area contributed by atoms with E-state index in [1.807, 2.05) is 26.0 Å². The van der Waals surface area contributed by atoms with Gasteiger partial charge in [0.15, 0.2) is 11.6 Å². The van der Waals surface area contributed by atoms with Crippen LogP contribution >= 0.6 is 0 Å². The Bertz CT molecular complexity index is 760. The first kappa shape index (κ1) is 16.6. The van der Waals surface area contributed by atoms with Crippen LogP contribution < -0.4 is 10.6 Å². The second kappa shape index (κ2) is 7.00. The molecule has 2 aromatic rings. The van der Waals surface area contributed by atoms with E-state index in [2.05, 4.69) is 10.6 Å². The molecule has 0 spiro atoms. The highest BCUT2D eigenvalue weighted by Crippen LogP contribution is 2.17. The average Bonchev–Trinajstić information content (AvgIpc) is 2.46. The van der Waals surface area contributed by atoms with Crippen molar-refractivity contribution >= 4 is 23.2 Å². The molecule has 4 nitrogen and oxygen atoms in total. The summed E-state index contributed by atoms with van der Waals surface area (Å²) in [6, 6.07) is 8.51. The van der Waals surface area contributed by atoms with Crippen LogP contribution in [-0.2, 0) is 9.59 Å². The second-order valence-corrected chi connectivity index (χ2v) is 5.22. The van der Waals surface area contributed by atoms with Crippen LogP contribution in [0.1, 0.15) is 17.5 Å². The molecule has 23 heavy (non-hydrogen) atoms. The summed E-state index contributed by atoms with van der Waals surface area (Å²) < 4.78 is 25.9. The lowest BCUT2D eigenvalue weighted by atomic mass is 10.1. The molecule has 2 aromatic carbocycles. The molecule has 2 N–H and O–H groups in total. The minimum absolute atomic E-state index is 0.0909. The van der Waals surface area contributed by atoms with Gasteiger partial charge < -0.3 is 10.6 Å². The van der Waals surface area contributed by atoms with E-state index < -0.39 is 29.9 Å². The first-order valence-electron chi connectivity index (χ1n) is 6.97. The molecule has 0 radical (unpaired) electrons. The van der Waals surface area contributed by atoms with Crippen LogP contribution in [0.2, 0.25) is 0 Å². The van der Waals surface area contributed by atoms with E-state index in [1.54, 1.807) is 6.07 Å². The Morgan fingerprint density at radius 3 is 2.26 bits per heavy atom. The highest BCUT2D eigenvalue weighted by atomic mass is 19.2. The van der Waals surface area contributed by atoms with E-state index in [0.717, 1.165) is 23.3 Å². The van der Waals surface area contributed by atoms with Gasteiger partial charge in [0, 0.05) is 17.4 Å². The fourth-order valence-corrected chi connectivity index (χ4v) is 2.07. The first-order chi connectivity index (χ1) is 10.8. The maximum Gasteiger partial charge on any atom is 0.233 e. The Kier molecular flexibility index (Phi) is 5.05. The molecule has 0 saturated carbocycles. The molecule has 120 valence electrons. The Hall–Kier alpha value is -2.76. The Balaban J connectivity index is 1.94. The molecule has 0 heterocycles. The zero-order chi connectivity index (χ0) is 17.0. The molecule has 0 aliphatic heterocycles. The summed E-state index contributed by atoms with van der Waals surface area (Å²) in [5, 5.41) is 4.98. The van der Waals surface area contributed by atoms with Gasteiger partial charge in [0.05, 0.1) is 0 Å². The number of aryl methyl sites for hydroxylation is 2. The minimum atomic E-state index is -1.07. The summed E-state index contributed by atoms with van der Waals surface area (Å²) in [4.78, 5) is 23.6. The fourth-order valence-electron chi connectivity index (χ4n) is 2.07. The monoisotopic (exact) mass is 318 g/mol. The van der Waals surface area contributed by atoms with E-state index in [-0.39, 0.29) is 5.69 Å². The second-order valence-electron chi connectivity index (χ2n) is 5.22. The van der Waals surface area contributed by atoms with Gasteiger partial charge in [-0.2, -0.15) is 0 Å². The molecular weight excluding hydrogens is 302 g/mol. The Labute approximate surface area is 132 Å². The predicted octanol–water partition coefficient (Wildman–Crippen LogP) is 3.55. The van der Waals surface area contributed by atoms with Gasteiger partial charge in [-0.25, -0.2) is 8.78 Å². The molecule has 0 fully saturated rings. The number of anilines is 2. The van der Waals surface area contributed by atoms with Crippen LogP contribution in [0.25, 0.3) is 0 Å². The van der Waals surface area contributed by atoms with Gasteiger partial charge in [-0.05, 0) is 37.6 Å². The van der Waals surface area contributed by atoms with Gasteiger partial charge in [0.25, 0.3) is 0 Å².